The number of anilines is 4. The van der Waals surface area contributed by atoms with E-state index in [1.54, 1.807) is 0 Å². The Morgan fingerprint density at radius 3 is 1.69 bits per heavy atom. The number of rotatable bonds is 10. The third-order valence-corrected chi connectivity index (χ3v) is 15.0. The van der Waals surface area contributed by atoms with Crippen molar-refractivity contribution in [3.8, 4) is 28.4 Å². The summed E-state index contributed by atoms with van der Waals surface area (Å²) in [5, 5.41) is 2.21. The maximum absolute atomic E-state index is 7.08. The zero-order valence-corrected chi connectivity index (χ0v) is 46.3. The van der Waals surface area contributed by atoms with Crippen molar-refractivity contribution in [3.63, 3.8) is 0 Å². The minimum Gasteiger partial charge on any atom is -0.509 e. The summed E-state index contributed by atoms with van der Waals surface area (Å²) in [6.07, 6.45) is 1.93. The van der Waals surface area contributed by atoms with E-state index in [-0.39, 0.29) is 42.7 Å². The maximum Gasteiger partial charge on any atom is 0.135 e. The number of fused-ring (bicyclic) bond motifs is 4. The van der Waals surface area contributed by atoms with Crippen molar-refractivity contribution >= 4 is 44.6 Å². The molecule has 3 heterocycles. The van der Waals surface area contributed by atoms with Crippen LogP contribution in [0, 0.1) is 18.8 Å². The van der Waals surface area contributed by atoms with Crippen molar-refractivity contribution in [2.24, 2.45) is 0 Å². The van der Waals surface area contributed by atoms with Crippen molar-refractivity contribution in [2.75, 3.05) is 9.80 Å². The Morgan fingerprint density at radius 2 is 1.04 bits per heavy atom. The van der Waals surface area contributed by atoms with Gasteiger partial charge in [-0.25, -0.2) is 4.98 Å². The van der Waals surface area contributed by atoms with Crippen LogP contribution >= 0.6 is 0 Å². The Hall–Kier alpha value is -7.20. The molecule has 1 aliphatic heterocycles. The molecule has 74 heavy (non-hydrogen) atoms. The third kappa shape index (κ3) is 9.37. The molecule has 0 saturated heterocycles. The first-order valence-corrected chi connectivity index (χ1v) is 25.5. The molecule has 0 fully saturated rings. The van der Waals surface area contributed by atoms with Gasteiger partial charge in [0, 0.05) is 66.8 Å². The summed E-state index contributed by atoms with van der Waals surface area (Å²) in [5.41, 5.74) is 14.9. The fraction of sp³-hybridized carbons (Fsp3) is 0.206. The van der Waals surface area contributed by atoms with Gasteiger partial charge in [0.25, 0.3) is 0 Å². The molecular weight excluding hydrogens is 1080 g/mol. The average molecular weight is 1150 g/mol. The second-order valence-corrected chi connectivity index (χ2v) is 22.7. The van der Waals surface area contributed by atoms with Crippen LogP contribution in [-0.4, -0.2) is 9.55 Å². The van der Waals surface area contributed by atoms with Gasteiger partial charge in [0.05, 0.1) is 0 Å². The van der Waals surface area contributed by atoms with Crippen LogP contribution in [0.2, 0.25) is 0 Å². The first kappa shape index (κ1) is 50.3. The zero-order valence-electron chi connectivity index (χ0n) is 44.1. The number of pyridine rings is 1. The van der Waals surface area contributed by atoms with E-state index in [2.05, 4.69) is 284 Å². The van der Waals surface area contributed by atoms with Crippen LogP contribution in [0.25, 0.3) is 38.8 Å². The summed E-state index contributed by atoms with van der Waals surface area (Å²) < 4.78 is 9.35. The predicted octanol–water partition coefficient (Wildman–Crippen LogP) is 17.9. The minimum atomic E-state index is -0.386. The fourth-order valence-corrected chi connectivity index (χ4v) is 10.3. The zero-order chi connectivity index (χ0) is 50.9. The molecule has 0 radical (unpaired) electrons. The standard InChI is InChI=1S/C68H63N4O.Pt/c1-65(2,3)50-34-35-69-64(42-50)72-62-41-51(67(7,8)48-24-16-12-17-25-48)30-32-58(62)59-33-31-56(44-63(59)72)73-57-40-53(68(9,10)49-26-18-13-19-27-49)39-55(43-57)71-45-70(60-28-20-21-29-61(60)71)54-37-47(46-22-14-11-15-23-46)36-52(38-54)66(4,5)6;/h11-42,45H,1-10H3;/q-3;. The smallest absolute Gasteiger partial charge is 0.135 e. The first-order valence-electron chi connectivity index (χ1n) is 25.5. The molecule has 0 amide bonds. The molecule has 10 aromatic rings. The van der Waals surface area contributed by atoms with E-state index in [1.165, 1.54) is 38.9 Å². The molecule has 5 nitrogen and oxygen atoms in total. The Morgan fingerprint density at radius 1 is 0.446 bits per heavy atom. The van der Waals surface area contributed by atoms with Gasteiger partial charge in [-0.2, -0.15) is 6.07 Å². The number of para-hydroxylation sites is 2. The largest absolute Gasteiger partial charge is 0.509 e. The van der Waals surface area contributed by atoms with Crippen LogP contribution in [0.15, 0.2) is 194 Å². The molecule has 0 spiro atoms. The fourth-order valence-electron chi connectivity index (χ4n) is 10.3. The van der Waals surface area contributed by atoms with Gasteiger partial charge in [0.1, 0.15) is 5.82 Å². The van der Waals surface area contributed by atoms with E-state index < -0.39 is 0 Å². The molecule has 0 aliphatic carbocycles. The molecule has 8 aromatic carbocycles. The van der Waals surface area contributed by atoms with E-state index in [0.29, 0.717) is 11.5 Å². The minimum absolute atomic E-state index is 0. The number of benzene rings is 8. The monoisotopic (exact) mass is 1150 g/mol. The van der Waals surface area contributed by atoms with Gasteiger partial charge < -0.3 is 19.1 Å². The molecule has 11 rings (SSSR count). The second kappa shape index (κ2) is 19.3. The third-order valence-electron chi connectivity index (χ3n) is 15.0. The summed E-state index contributed by atoms with van der Waals surface area (Å²) >= 11 is 0. The van der Waals surface area contributed by atoms with Crippen LogP contribution in [0.3, 0.4) is 0 Å². The number of hydrogen-bond acceptors (Lipinski definition) is 4. The SMILES string of the molecule is CC(C)(C)c1cc(-c2ccccc2)cc(N2[CH-]N(c3[c-]c(Oc4[c-]c5c(cc4)c4ccc(C(C)(C)c6ccccc6)cc4n5-c4cc(C(C)(C)C)ccn4)cc(C(C)(C)c4ccccc4)c3)c3ccccc32)c1.[Pt]. The summed E-state index contributed by atoms with van der Waals surface area (Å²) in [5.74, 6) is 2.03. The average Bonchev–Trinajstić information content (AvgIpc) is 3.95. The van der Waals surface area contributed by atoms with Gasteiger partial charge in [-0.05, 0) is 103 Å². The summed E-state index contributed by atoms with van der Waals surface area (Å²) in [4.78, 5) is 9.62. The topological polar surface area (TPSA) is 33.5 Å². The Kier molecular flexibility index (Phi) is 13.1. The number of ether oxygens (including phenoxy) is 1. The van der Waals surface area contributed by atoms with Crippen LogP contribution in [0.1, 0.15) is 103 Å². The first-order chi connectivity index (χ1) is 34.9. The molecule has 0 N–H and O–H groups in total. The molecule has 0 atom stereocenters. The molecular formula is C68H63N4OPt-3. The molecule has 0 unspecified atom stereocenters. The van der Waals surface area contributed by atoms with Crippen molar-refractivity contribution in [3.05, 3.63) is 246 Å². The van der Waals surface area contributed by atoms with Crippen LogP contribution in [-0.2, 0) is 42.7 Å². The van der Waals surface area contributed by atoms with Crippen molar-refractivity contribution in [2.45, 2.75) is 90.9 Å². The molecule has 374 valence electrons. The predicted molar refractivity (Wildman–Crippen MR) is 304 cm³/mol. The van der Waals surface area contributed by atoms with Gasteiger partial charge >= 0.3 is 0 Å². The Balaban J connectivity index is 0.00000626. The van der Waals surface area contributed by atoms with Gasteiger partial charge in [-0.3, -0.25) is 0 Å². The number of aromatic nitrogens is 2. The van der Waals surface area contributed by atoms with Crippen molar-refractivity contribution in [1.82, 2.24) is 9.55 Å². The van der Waals surface area contributed by atoms with Crippen LogP contribution in [0.5, 0.6) is 11.5 Å². The quantitative estimate of drug-likeness (QED) is 0.128. The van der Waals surface area contributed by atoms with E-state index in [4.69, 9.17) is 9.72 Å². The van der Waals surface area contributed by atoms with Crippen LogP contribution < -0.4 is 14.5 Å². The number of hydrogen-bond donors (Lipinski definition) is 0. The Labute approximate surface area is 452 Å². The van der Waals surface area contributed by atoms with Gasteiger partial charge in [0.15, 0.2) is 0 Å². The van der Waals surface area contributed by atoms with E-state index in [1.807, 2.05) is 12.3 Å². The van der Waals surface area contributed by atoms with E-state index in [0.717, 1.165) is 55.9 Å². The van der Waals surface area contributed by atoms with E-state index >= 15 is 0 Å². The van der Waals surface area contributed by atoms with Gasteiger partial charge in [-0.1, -0.05) is 196 Å². The van der Waals surface area contributed by atoms with Gasteiger partial charge in [-0.15, -0.1) is 53.6 Å². The van der Waals surface area contributed by atoms with Crippen LogP contribution in [0.4, 0.5) is 22.7 Å². The molecule has 0 saturated carbocycles. The summed E-state index contributed by atoms with van der Waals surface area (Å²) in [6.45, 7) is 25.0. The van der Waals surface area contributed by atoms with Crippen molar-refractivity contribution < 1.29 is 25.8 Å². The second-order valence-electron chi connectivity index (χ2n) is 22.7. The normalized spacial score (nSPS) is 13.1. The summed E-state index contributed by atoms with van der Waals surface area (Å²) in [7, 11) is 0. The molecule has 1 aliphatic rings. The summed E-state index contributed by atoms with van der Waals surface area (Å²) in [6, 6.07) is 75.2. The van der Waals surface area contributed by atoms with Crippen molar-refractivity contribution in [1.29, 1.82) is 0 Å². The van der Waals surface area contributed by atoms with E-state index in [9.17, 15) is 0 Å². The molecule has 0 bridgehead atoms. The molecule has 2 aromatic heterocycles. The Bertz CT molecular complexity index is 3660. The molecule has 6 heteroatoms. The van der Waals surface area contributed by atoms with Gasteiger partial charge in [0.2, 0.25) is 0 Å². The number of nitrogens with zero attached hydrogens (tertiary/aromatic N) is 4. The maximum atomic E-state index is 7.08.